The van der Waals surface area contributed by atoms with Crippen molar-refractivity contribution >= 4 is 23.2 Å². The molecule has 0 aliphatic heterocycles. The van der Waals surface area contributed by atoms with E-state index in [1.807, 2.05) is 50.2 Å². The van der Waals surface area contributed by atoms with Crippen molar-refractivity contribution in [2.45, 2.75) is 20.8 Å². The Kier molecular flexibility index (Phi) is 5.77. The minimum atomic E-state index is -0.322. The molecule has 5 heteroatoms. The van der Waals surface area contributed by atoms with E-state index in [4.69, 9.17) is 16.3 Å². The van der Waals surface area contributed by atoms with E-state index in [-0.39, 0.29) is 12.5 Å². The second kappa shape index (κ2) is 7.79. The molecule has 1 amide bonds. The lowest BCUT2D eigenvalue weighted by molar-refractivity contribution is -0.123. The van der Waals surface area contributed by atoms with E-state index in [0.717, 1.165) is 16.7 Å². The van der Waals surface area contributed by atoms with Crippen molar-refractivity contribution < 1.29 is 9.53 Å². The molecule has 0 bridgehead atoms. The Labute approximate surface area is 141 Å². The van der Waals surface area contributed by atoms with Crippen molar-refractivity contribution in [2.24, 2.45) is 5.10 Å². The van der Waals surface area contributed by atoms with E-state index in [2.05, 4.69) is 10.5 Å². The second-order valence-corrected chi connectivity index (χ2v) is 5.68. The van der Waals surface area contributed by atoms with Crippen LogP contribution < -0.4 is 10.2 Å². The molecule has 0 fully saturated rings. The van der Waals surface area contributed by atoms with Gasteiger partial charge in [-0.15, -0.1) is 0 Å². The predicted octanol–water partition coefficient (Wildman–Crippen LogP) is 3.88. The third-order valence-electron chi connectivity index (χ3n) is 3.31. The summed E-state index contributed by atoms with van der Waals surface area (Å²) in [4.78, 5) is 11.9. The Hall–Kier alpha value is -2.33. The van der Waals surface area contributed by atoms with E-state index in [9.17, 15) is 4.79 Å². The molecule has 0 aliphatic rings. The van der Waals surface area contributed by atoms with Crippen molar-refractivity contribution in [2.75, 3.05) is 6.61 Å². The van der Waals surface area contributed by atoms with Crippen LogP contribution >= 0.6 is 11.6 Å². The van der Waals surface area contributed by atoms with Gasteiger partial charge in [0.15, 0.2) is 6.61 Å². The molecule has 2 rings (SSSR count). The predicted molar refractivity (Wildman–Crippen MR) is 93.2 cm³/mol. The lowest BCUT2D eigenvalue weighted by Gasteiger charge is -2.09. The molecule has 0 heterocycles. The average Bonchev–Trinajstić information content (AvgIpc) is 2.54. The first kappa shape index (κ1) is 17.0. The van der Waals surface area contributed by atoms with Crippen molar-refractivity contribution in [1.29, 1.82) is 0 Å². The fraction of sp³-hybridized carbons (Fsp3) is 0.222. The standard InChI is InChI=1S/C18H19ClN2O2/c1-12-8-9-13(2)17(10-12)23-11-18(22)21-20-14(3)15-6-4-5-7-16(15)19/h4-10H,11H2,1-3H3,(H,21,22)/b20-14-. The molecule has 0 saturated heterocycles. The zero-order chi connectivity index (χ0) is 16.8. The Morgan fingerprint density at radius 2 is 1.96 bits per heavy atom. The van der Waals surface area contributed by atoms with Gasteiger partial charge in [-0.1, -0.05) is 41.9 Å². The van der Waals surface area contributed by atoms with E-state index < -0.39 is 0 Å². The summed E-state index contributed by atoms with van der Waals surface area (Å²) >= 11 is 6.09. The van der Waals surface area contributed by atoms with E-state index in [0.29, 0.717) is 16.5 Å². The van der Waals surface area contributed by atoms with Gasteiger partial charge in [-0.25, -0.2) is 5.43 Å². The number of carbonyl (C=O) groups excluding carboxylic acids is 1. The molecule has 4 nitrogen and oxygen atoms in total. The Balaban J connectivity index is 1.94. The quantitative estimate of drug-likeness (QED) is 0.668. The number of aryl methyl sites for hydroxylation is 2. The van der Waals surface area contributed by atoms with Gasteiger partial charge in [0.05, 0.1) is 5.71 Å². The number of hydrogen-bond donors (Lipinski definition) is 1. The summed E-state index contributed by atoms with van der Waals surface area (Å²) in [5.41, 5.74) is 5.96. The van der Waals surface area contributed by atoms with Crippen molar-refractivity contribution in [1.82, 2.24) is 5.43 Å². The zero-order valence-corrected chi connectivity index (χ0v) is 14.1. The number of nitrogens with zero attached hydrogens (tertiary/aromatic N) is 1. The molecule has 0 aliphatic carbocycles. The topological polar surface area (TPSA) is 50.7 Å². The maximum absolute atomic E-state index is 11.9. The molecule has 0 atom stereocenters. The summed E-state index contributed by atoms with van der Waals surface area (Å²) in [6, 6.07) is 13.2. The van der Waals surface area contributed by atoms with Gasteiger partial charge in [0.1, 0.15) is 5.75 Å². The van der Waals surface area contributed by atoms with Gasteiger partial charge < -0.3 is 4.74 Å². The maximum atomic E-state index is 11.9. The maximum Gasteiger partial charge on any atom is 0.277 e. The third kappa shape index (κ3) is 4.83. The molecule has 0 radical (unpaired) electrons. The minimum Gasteiger partial charge on any atom is -0.483 e. The zero-order valence-electron chi connectivity index (χ0n) is 13.4. The van der Waals surface area contributed by atoms with E-state index >= 15 is 0 Å². The number of halogens is 1. The van der Waals surface area contributed by atoms with Crippen LogP contribution in [0.15, 0.2) is 47.6 Å². The molecule has 0 aromatic heterocycles. The normalized spacial score (nSPS) is 11.2. The van der Waals surface area contributed by atoms with Gasteiger partial charge in [-0.05, 0) is 44.0 Å². The van der Waals surface area contributed by atoms with Crippen LogP contribution in [0, 0.1) is 13.8 Å². The van der Waals surface area contributed by atoms with Crippen LogP contribution in [-0.2, 0) is 4.79 Å². The second-order valence-electron chi connectivity index (χ2n) is 5.27. The van der Waals surface area contributed by atoms with Gasteiger partial charge in [-0.3, -0.25) is 4.79 Å². The highest BCUT2D eigenvalue weighted by atomic mass is 35.5. The first-order chi connectivity index (χ1) is 11.0. The third-order valence-corrected chi connectivity index (χ3v) is 3.64. The van der Waals surface area contributed by atoms with Crippen LogP contribution in [0.1, 0.15) is 23.6 Å². The molecule has 0 saturated carbocycles. The molecule has 1 N–H and O–H groups in total. The van der Waals surface area contributed by atoms with Crippen molar-refractivity contribution in [3.8, 4) is 5.75 Å². The number of benzene rings is 2. The molecule has 0 spiro atoms. The van der Waals surface area contributed by atoms with Gasteiger partial charge in [-0.2, -0.15) is 5.10 Å². The Morgan fingerprint density at radius 1 is 1.22 bits per heavy atom. The summed E-state index contributed by atoms with van der Waals surface area (Å²) < 4.78 is 5.53. The summed E-state index contributed by atoms with van der Waals surface area (Å²) in [5, 5.41) is 4.65. The number of ether oxygens (including phenoxy) is 1. The molecule has 2 aromatic rings. The monoisotopic (exact) mass is 330 g/mol. The van der Waals surface area contributed by atoms with E-state index in [1.165, 1.54) is 0 Å². The summed E-state index contributed by atoms with van der Waals surface area (Å²) in [6.07, 6.45) is 0. The number of amides is 1. The highest BCUT2D eigenvalue weighted by Crippen LogP contribution is 2.19. The number of nitrogens with one attached hydrogen (secondary N) is 1. The van der Waals surface area contributed by atoms with Crippen LogP contribution in [0.25, 0.3) is 0 Å². The molecule has 0 unspecified atom stereocenters. The van der Waals surface area contributed by atoms with Gasteiger partial charge >= 0.3 is 0 Å². The number of carbonyl (C=O) groups is 1. The number of rotatable bonds is 5. The number of hydrogen-bond acceptors (Lipinski definition) is 3. The largest absolute Gasteiger partial charge is 0.483 e. The average molecular weight is 331 g/mol. The fourth-order valence-electron chi connectivity index (χ4n) is 2.00. The van der Waals surface area contributed by atoms with Gasteiger partial charge in [0.25, 0.3) is 5.91 Å². The minimum absolute atomic E-state index is 0.0937. The Bertz CT molecular complexity index is 742. The molecule has 2 aromatic carbocycles. The highest BCUT2D eigenvalue weighted by molar-refractivity contribution is 6.34. The smallest absolute Gasteiger partial charge is 0.277 e. The van der Waals surface area contributed by atoms with Gasteiger partial charge in [0.2, 0.25) is 0 Å². The number of hydrazone groups is 1. The van der Waals surface area contributed by atoms with Crippen LogP contribution in [0.2, 0.25) is 5.02 Å². The molecular weight excluding hydrogens is 312 g/mol. The SMILES string of the molecule is C/C(=N/NC(=O)COc1cc(C)ccc1C)c1ccccc1Cl. The molecular formula is C18H19ClN2O2. The van der Waals surface area contributed by atoms with Crippen molar-refractivity contribution in [3.63, 3.8) is 0 Å². The van der Waals surface area contributed by atoms with E-state index in [1.54, 1.807) is 13.0 Å². The summed E-state index contributed by atoms with van der Waals surface area (Å²) in [6.45, 7) is 5.60. The molecule has 120 valence electrons. The van der Waals surface area contributed by atoms with Crippen LogP contribution in [0.4, 0.5) is 0 Å². The summed E-state index contributed by atoms with van der Waals surface area (Å²) in [7, 11) is 0. The molecule has 23 heavy (non-hydrogen) atoms. The van der Waals surface area contributed by atoms with Crippen LogP contribution in [0.3, 0.4) is 0 Å². The Morgan fingerprint density at radius 3 is 2.70 bits per heavy atom. The van der Waals surface area contributed by atoms with Crippen molar-refractivity contribution in [3.05, 3.63) is 64.2 Å². The highest BCUT2D eigenvalue weighted by Gasteiger charge is 2.06. The summed E-state index contributed by atoms with van der Waals surface area (Å²) in [5.74, 6) is 0.379. The lowest BCUT2D eigenvalue weighted by Crippen LogP contribution is -2.25. The van der Waals surface area contributed by atoms with Crippen LogP contribution in [-0.4, -0.2) is 18.2 Å². The lowest BCUT2D eigenvalue weighted by atomic mass is 10.1. The van der Waals surface area contributed by atoms with Crippen LogP contribution in [0.5, 0.6) is 5.75 Å². The van der Waals surface area contributed by atoms with Gasteiger partial charge in [0, 0.05) is 10.6 Å². The fourth-order valence-corrected chi connectivity index (χ4v) is 2.27. The first-order valence-corrected chi connectivity index (χ1v) is 7.63. The first-order valence-electron chi connectivity index (χ1n) is 7.25.